The summed E-state index contributed by atoms with van der Waals surface area (Å²) in [6, 6.07) is 19.8. The fourth-order valence-electron chi connectivity index (χ4n) is 5.06. The Hall–Kier alpha value is -3.78. The van der Waals surface area contributed by atoms with Gasteiger partial charge in [-0.3, -0.25) is 4.79 Å². The number of benzene rings is 3. The summed E-state index contributed by atoms with van der Waals surface area (Å²) in [6.45, 7) is 0. The van der Waals surface area contributed by atoms with E-state index in [1.165, 1.54) is 36.0 Å². The van der Waals surface area contributed by atoms with Crippen LogP contribution < -0.4 is 0 Å². The fourth-order valence-corrected chi connectivity index (χ4v) is 5.75. The largest absolute Gasteiger partial charge is 0.431 e. The van der Waals surface area contributed by atoms with Crippen molar-refractivity contribution in [1.82, 2.24) is 9.99 Å². The Balaban J connectivity index is 1.31. The lowest BCUT2D eigenvalue weighted by Gasteiger charge is -2.29. The van der Waals surface area contributed by atoms with Gasteiger partial charge in [0.15, 0.2) is 5.58 Å². The molecule has 4 aromatic rings. The Kier molecular flexibility index (Phi) is 6.34. The molecule has 1 fully saturated rings. The van der Waals surface area contributed by atoms with Crippen LogP contribution in [0.15, 0.2) is 93.1 Å². The number of allylic oxidation sites excluding steroid dienone is 1. The molecule has 186 valence electrons. The number of rotatable bonds is 5. The highest BCUT2D eigenvalue weighted by Gasteiger charge is 2.43. The van der Waals surface area contributed by atoms with Crippen molar-refractivity contribution in [2.75, 3.05) is 5.75 Å². The van der Waals surface area contributed by atoms with Crippen LogP contribution in [0.5, 0.6) is 0 Å². The summed E-state index contributed by atoms with van der Waals surface area (Å²) in [5.74, 6) is -0.696. The number of halogens is 2. The number of carbonyl (C=O) groups is 1. The van der Waals surface area contributed by atoms with Crippen LogP contribution in [0.25, 0.3) is 17.2 Å². The van der Waals surface area contributed by atoms with E-state index in [-0.39, 0.29) is 35.3 Å². The number of oxazole rings is 1. The third-order valence-electron chi connectivity index (χ3n) is 6.77. The first kappa shape index (κ1) is 23.6. The van der Waals surface area contributed by atoms with Crippen LogP contribution in [0.1, 0.15) is 36.4 Å². The van der Waals surface area contributed by atoms with E-state index in [9.17, 15) is 13.6 Å². The number of fused-ring (bicyclic) bond motifs is 2. The van der Waals surface area contributed by atoms with Crippen LogP contribution in [-0.2, 0) is 4.79 Å². The highest BCUT2D eigenvalue weighted by atomic mass is 32.2. The molecule has 8 heteroatoms. The van der Waals surface area contributed by atoms with E-state index in [1.807, 2.05) is 30.3 Å². The number of hydrogen-bond acceptors (Lipinski definition) is 5. The molecule has 2 aliphatic rings. The maximum absolute atomic E-state index is 13.7. The zero-order valence-corrected chi connectivity index (χ0v) is 20.6. The van der Waals surface area contributed by atoms with E-state index >= 15 is 0 Å². The highest BCUT2D eigenvalue weighted by molar-refractivity contribution is 7.99. The van der Waals surface area contributed by atoms with Crippen molar-refractivity contribution in [3.05, 3.63) is 101 Å². The molecule has 6 rings (SSSR count). The lowest BCUT2D eigenvalue weighted by Crippen LogP contribution is -2.32. The summed E-state index contributed by atoms with van der Waals surface area (Å²) >= 11 is 1.23. The Morgan fingerprint density at radius 2 is 1.76 bits per heavy atom. The standard InChI is InChI=1S/C29H23F2N3O2S/c30-21-12-8-18(9-13-21)16-20-4-3-5-23-27(20)33-34(28(23)19-10-14-22(31)15-11-19)26(35)17-37-29-32-24-6-1-2-7-25(24)36-29/h1-2,6-16,23,28H,3-5,17H2/b20-16-/t23-,28-/m1/s1. The number of carbonyl (C=O) groups excluding carboxylic acids is 1. The zero-order valence-electron chi connectivity index (χ0n) is 19.8. The van der Waals surface area contributed by atoms with E-state index in [0.29, 0.717) is 10.8 Å². The van der Waals surface area contributed by atoms with Gasteiger partial charge in [0.05, 0.1) is 17.5 Å². The van der Waals surface area contributed by atoms with Crippen molar-refractivity contribution in [1.29, 1.82) is 0 Å². The van der Waals surface area contributed by atoms with Crippen LogP contribution in [0.2, 0.25) is 0 Å². The van der Waals surface area contributed by atoms with E-state index in [4.69, 9.17) is 9.52 Å². The number of aromatic nitrogens is 1. The van der Waals surface area contributed by atoms with Crippen molar-refractivity contribution < 1.29 is 18.0 Å². The van der Waals surface area contributed by atoms with Crippen LogP contribution in [0.4, 0.5) is 8.78 Å². The molecular formula is C29H23F2N3O2S. The Bertz CT molecular complexity index is 1480. The van der Waals surface area contributed by atoms with Gasteiger partial charge in [-0.1, -0.05) is 48.2 Å². The molecular weight excluding hydrogens is 492 g/mol. The van der Waals surface area contributed by atoms with Crippen LogP contribution in [-0.4, -0.2) is 27.4 Å². The molecule has 37 heavy (non-hydrogen) atoms. The normalized spacial score (nSPS) is 20.3. The summed E-state index contributed by atoms with van der Waals surface area (Å²) in [4.78, 5) is 18.0. The summed E-state index contributed by atoms with van der Waals surface area (Å²) in [5, 5.41) is 6.81. The summed E-state index contributed by atoms with van der Waals surface area (Å²) in [6.07, 6.45) is 4.65. The summed E-state index contributed by atoms with van der Waals surface area (Å²) in [7, 11) is 0. The van der Waals surface area contributed by atoms with Crippen LogP contribution >= 0.6 is 11.8 Å². The smallest absolute Gasteiger partial charge is 0.257 e. The third-order valence-corrected chi connectivity index (χ3v) is 7.59. The molecule has 0 radical (unpaired) electrons. The Morgan fingerprint density at radius 1 is 1.03 bits per heavy atom. The monoisotopic (exact) mass is 515 g/mol. The molecule has 3 aromatic carbocycles. The van der Waals surface area contributed by atoms with Crippen molar-refractivity contribution in [3.63, 3.8) is 0 Å². The summed E-state index contributed by atoms with van der Waals surface area (Å²) in [5.41, 5.74) is 5.04. The SMILES string of the molecule is O=C(CSc1nc2ccccc2o1)N1N=C2/C(=C\c3ccc(F)cc3)CCC[C@H]2[C@H]1c1ccc(F)cc1. The first-order valence-electron chi connectivity index (χ1n) is 12.2. The maximum atomic E-state index is 13.7. The Labute approximate surface area is 216 Å². The second-order valence-electron chi connectivity index (χ2n) is 9.18. The maximum Gasteiger partial charge on any atom is 0.257 e. The number of hydrogen-bond donors (Lipinski definition) is 0. The average molecular weight is 516 g/mol. The lowest BCUT2D eigenvalue weighted by atomic mass is 9.77. The third kappa shape index (κ3) is 4.81. The Morgan fingerprint density at radius 3 is 2.51 bits per heavy atom. The minimum absolute atomic E-state index is 0.0100. The molecule has 0 N–H and O–H groups in total. The van der Waals surface area contributed by atoms with E-state index < -0.39 is 0 Å². The number of para-hydroxylation sites is 2. The van der Waals surface area contributed by atoms with E-state index in [0.717, 1.165) is 47.2 Å². The molecule has 0 bridgehead atoms. The molecule has 1 aliphatic heterocycles. The van der Waals surface area contributed by atoms with Crippen molar-refractivity contribution >= 4 is 40.6 Å². The van der Waals surface area contributed by atoms with Gasteiger partial charge in [-0.2, -0.15) is 5.10 Å². The van der Waals surface area contributed by atoms with Gasteiger partial charge in [0.1, 0.15) is 17.2 Å². The number of amides is 1. The van der Waals surface area contributed by atoms with Crippen molar-refractivity contribution in [2.24, 2.45) is 11.0 Å². The van der Waals surface area contributed by atoms with Gasteiger partial charge in [-0.25, -0.2) is 18.8 Å². The molecule has 1 saturated carbocycles. The van der Waals surface area contributed by atoms with Crippen molar-refractivity contribution in [3.8, 4) is 0 Å². The summed E-state index contributed by atoms with van der Waals surface area (Å²) < 4.78 is 32.9. The number of thioether (sulfide) groups is 1. The van der Waals surface area contributed by atoms with Crippen LogP contribution in [0.3, 0.4) is 0 Å². The minimum atomic E-state index is -0.329. The van der Waals surface area contributed by atoms with Gasteiger partial charge < -0.3 is 4.42 Å². The first-order chi connectivity index (χ1) is 18.0. The topological polar surface area (TPSA) is 58.7 Å². The van der Waals surface area contributed by atoms with Gasteiger partial charge in [-0.05, 0) is 78.4 Å². The molecule has 5 nitrogen and oxygen atoms in total. The predicted molar refractivity (Wildman–Crippen MR) is 140 cm³/mol. The molecule has 1 aliphatic carbocycles. The van der Waals surface area contributed by atoms with Crippen molar-refractivity contribution in [2.45, 2.75) is 30.5 Å². The van der Waals surface area contributed by atoms with E-state index in [1.54, 1.807) is 29.3 Å². The lowest BCUT2D eigenvalue weighted by molar-refractivity contribution is -0.130. The predicted octanol–water partition coefficient (Wildman–Crippen LogP) is 7.02. The number of nitrogens with zero attached hydrogens (tertiary/aromatic N) is 3. The highest BCUT2D eigenvalue weighted by Crippen LogP contribution is 2.44. The van der Waals surface area contributed by atoms with Gasteiger partial charge >= 0.3 is 0 Å². The van der Waals surface area contributed by atoms with Gasteiger partial charge in [-0.15, -0.1) is 0 Å². The van der Waals surface area contributed by atoms with Crippen LogP contribution in [0, 0.1) is 17.6 Å². The molecule has 2 heterocycles. The van der Waals surface area contributed by atoms with E-state index in [2.05, 4.69) is 4.98 Å². The quantitative estimate of drug-likeness (QED) is 0.268. The second-order valence-corrected chi connectivity index (χ2v) is 10.1. The molecule has 1 amide bonds. The second kappa shape index (κ2) is 9.94. The molecule has 0 unspecified atom stereocenters. The zero-order chi connectivity index (χ0) is 25.4. The van der Waals surface area contributed by atoms with Gasteiger partial charge in [0, 0.05) is 5.92 Å². The average Bonchev–Trinajstić information content (AvgIpc) is 3.51. The number of hydrazone groups is 1. The molecule has 2 atom stereocenters. The molecule has 1 aromatic heterocycles. The fraction of sp³-hybridized carbons (Fsp3) is 0.207. The first-order valence-corrected chi connectivity index (χ1v) is 13.1. The molecule has 0 saturated heterocycles. The van der Waals surface area contributed by atoms with Gasteiger partial charge in [0.2, 0.25) is 0 Å². The minimum Gasteiger partial charge on any atom is -0.431 e. The van der Waals surface area contributed by atoms with Gasteiger partial charge in [0.25, 0.3) is 11.1 Å². The molecule has 0 spiro atoms.